The van der Waals surface area contributed by atoms with Gasteiger partial charge in [0.1, 0.15) is 0 Å². The maximum atomic E-state index is 11.8. The summed E-state index contributed by atoms with van der Waals surface area (Å²) < 4.78 is 10.1. The molecule has 0 amide bonds. The van der Waals surface area contributed by atoms with Gasteiger partial charge in [-0.05, 0) is 50.8 Å². The van der Waals surface area contributed by atoms with Crippen molar-refractivity contribution >= 4 is 17.9 Å². The summed E-state index contributed by atoms with van der Waals surface area (Å²) in [6, 6.07) is 5.73. The number of carbonyl (C=O) groups excluding carboxylic acids is 2. The Balaban J connectivity index is 2.16. The first kappa shape index (κ1) is 19.4. The Kier molecular flexibility index (Phi) is 8.25. The van der Waals surface area contributed by atoms with E-state index in [1.807, 2.05) is 0 Å². The van der Waals surface area contributed by atoms with Crippen molar-refractivity contribution in [3.05, 3.63) is 47.5 Å². The maximum Gasteiger partial charge on any atom is 0.338 e. The fourth-order valence-corrected chi connectivity index (χ4v) is 1.87. The van der Waals surface area contributed by atoms with E-state index in [0.717, 1.165) is 19.3 Å². The molecule has 0 saturated heterocycles. The minimum Gasteiger partial charge on any atom is -0.478 e. The van der Waals surface area contributed by atoms with Crippen LogP contribution in [-0.4, -0.2) is 36.2 Å². The predicted molar refractivity (Wildman–Crippen MR) is 87.9 cm³/mol. The average Bonchev–Trinajstić information content (AvgIpc) is 2.56. The molecule has 6 nitrogen and oxygen atoms in total. The Labute approximate surface area is 141 Å². The number of benzene rings is 1. The molecule has 0 heterocycles. The van der Waals surface area contributed by atoms with E-state index < -0.39 is 11.9 Å². The fraction of sp³-hybridized carbons (Fsp3) is 0.389. The minimum absolute atomic E-state index is 0.0498. The first-order valence-electron chi connectivity index (χ1n) is 7.75. The van der Waals surface area contributed by atoms with E-state index in [1.54, 1.807) is 6.92 Å². The number of rotatable bonds is 10. The maximum absolute atomic E-state index is 11.8. The number of hydrogen-bond acceptors (Lipinski definition) is 5. The Morgan fingerprint density at radius 2 is 1.58 bits per heavy atom. The molecule has 0 spiro atoms. The van der Waals surface area contributed by atoms with Gasteiger partial charge in [0.15, 0.2) is 0 Å². The summed E-state index contributed by atoms with van der Waals surface area (Å²) in [7, 11) is 0. The lowest BCUT2D eigenvalue weighted by atomic mass is 10.1. The Morgan fingerprint density at radius 3 is 2.17 bits per heavy atom. The third kappa shape index (κ3) is 7.09. The molecule has 0 radical (unpaired) electrons. The quantitative estimate of drug-likeness (QED) is 0.401. The summed E-state index contributed by atoms with van der Waals surface area (Å²) in [6.45, 7) is 5.72. The molecule has 0 bridgehead atoms. The van der Waals surface area contributed by atoms with E-state index in [1.165, 1.54) is 24.3 Å². The monoisotopic (exact) mass is 334 g/mol. The van der Waals surface area contributed by atoms with Crippen LogP contribution >= 0.6 is 0 Å². The largest absolute Gasteiger partial charge is 0.478 e. The van der Waals surface area contributed by atoms with E-state index in [0.29, 0.717) is 18.6 Å². The van der Waals surface area contributed by atoms with Gasteiger partial charge in [0, 0.05) is 5.57 Å². The molecular formula is C18H22O6. The van der Waals surface area contributed by atoms with Gasteiger partial charge in [-0.3, -0.25) is 0 Å². The van der Waals surface area contributed by atoms with Crippen LogP contribution < -0.4 is 0 Å². The highest BCUT2D eigenvalue weighted by Crippen LogP contribution is 2.08. The Bertz CT molecular complexity index is 605. The van der Waals surface area contributed by atoms with Crippen molar-refractivity contribution in [1.82, 2.24) is 0 Å². The van der Waals surface area contributed by atoms with Crippen LogP contribution in [0.3, 0.4) is 0 Å². The summed E-state index contributed by atoms with van der Waals surface area (Å²) in [6.07, 6.45) is 3.13. The molecule has 1 aromatic carbocycles. The SMILES string of the molecule is C=C(C)C(=O)OCCCCCCOC(=O)c1cccc(C(=O)O)c1. The summed E-state index contributed by atoms with van der Waals surface area (Å²) >= 11 is 0. The molecule has 0 aromatic heterocycles. The molecule has 130 valence electrons. The highest BCUT2D eigenvalue weighted by Gasteiger charge is 2.10. The second kappa shape index (κ2) is 10.2. The lowest BCUT2D eigenvalue weighted by Crippen LogP contribution is -2.08. The molecule has 0 aliphatic carbocycles. The van der Waals surface area contributed by atoms with Gasteiger partial charge in [-0.15, -0.1) is 0 Å². The van der Waals surface area contributed by atoms with Crippen molar-refractivity contribution in [3.63, 3.8) is 0 Å². The zero-order valence-corrected chi connectivity index (χ0v) is 13.7. The molecule has 0 atom stereocenters. The standard InChI is InChI=1S/C18H22O6/c1-13(2)17(21)23-10-5-3-4-6-11-24-18(22)15-9-7-8-14(12-15)16(19)20/h7-9,12H,1,3-6,10-11H2,2H3,(H,19,20). The molecule has 0 unspecified atom stereocenters. The van der Waals surface area contributed by atoms with Crippen molar-refractivity contribution in [2.24, 2.45) is 0 Å². The Hall–Kier alpha value is -2.63. The molecule has 1 aromatic rings. The lowest BCUT2D eigenvalue weighted by Gasteiger charge is -2.06. The number of aromatic carboxylic acids is 1. The van der Waals surface area contributed by atoms with Crippen molar-refractivity contribution in [2.75, 3.05) is 13.2 Å². The smallest absolute Gasteiger partial charge is 0.338 e. The van der Waals surface area contributed by atoms with Crippen molar-refractivity contribution < 1.29 is 29.0 Å². The van der Waals surface area contributed by atoms with Gasteiger partial charge in [0.05, 0.1) is 24.3 Å². The van der Waals surface area contributed by atoms with E-state index in [-0.39, 0.29) is 23.7 Å². The highest BCUT2D eigenvalue weighted by molar-refractivity contribution is 5.94. The van der Waals surface area contributed by atoms with E-state index in [9.17, 15) is 14.4 Å². The van der Waals surface area contributed by atoms with E-state index >= 15 is 0 Å². The molecule has 1 rings (SSSR count). The summed E-state index contributed by atoms with van der Waals surface area (Å²) in [4.78, 5) is 33.8. The van der Waals surface area contributed by atoms with Gasteiger partial charge in [-0.2, -0.15) is 0 Å². The topological polar surface area (TPSA) is 89.9 Å². The number of esters is 2. The second-order valence-corrected chi connectivity index (χ2v) is 5.35. The van der Waals surface area contributed by atoms with Crippen molar-refractivity contribution in [2.45, 2.75) is 32.6 Å². The van der Waals surface area contributed by atoms with Gasteiger partial charge in [0.25, 0.3) is 0 Å². The molecular weight excluding hydrogens is 312 g/mol. The molecule has 0 aliphatic heterocycles. The van der Waals surface area contributed by atoms with Crippen molar-refractivity contribution in [3.8, 4) is 0 Å². The fourth-order valence-electron chi connectivity index (χ4n) is 1.87. The highest BCUT2D eigenvalue weighted by atomic mass is 16.5. The molecule has 6 heteroatoms. The first-order chi connectivity index (χ1) is 11.4. The normalized spacial score (nSPS) is 10.0. The number of carboxylic acids is 1. The van der Waals surface area contributed by atoms with Gasteiger partial charge >= 0.3 is 17.9 Å². The van der Waals surface area contributed by atoms with Crippen molar-refractivity contribution in [1.29, 1.82) is 0 Å². The minimum atomic E-state index is -1.09. The molecule has 0 aliphatic rings. The van der Waals surface area contributed by atoms with Crippen LogP contribution in [0, 0.1) is 0 Å². The lowest BCUT2D eigenvalue weighted by molar-refractivity contribution is -0.139. The van der Waals surface area contributed by atoms with Gasteiger partial charge in [-0.1, -0.05) is 12.6 Å². The summed E-state index contributed by atoms with van der Waals surface area (Å²) in [5, 5.41) is 8.88. The van der Waals surface area contributed by atoms with E-state index in [4.69, 9.17) is 14.6 Å². The summed E-state index contributed by atoms with van der Waals surface area (Å²) in [5.74, 6) is -2.00. The van der Waals surface area contributed by atoms with Crippen LogP contribution in [0.5, 0.6) is 0 Å². The van der Waals surface area contributed by atoms with Crippen LogP contribution in [0.25, 0.3) is 0 Å². The number of unbranched alkanes of at least 4 members (excludes halogenated alkanes) is 3. The molecule has 24 heavy (non-hydrogen) atoms. The molecule has 1 N–H and O–H groups in total. The van der Waals surface area contributed by atoms with Crippen LogP contribution in [0.4, 0.5) is 0 Å². The average molecular weight is 334 g/mol. The third-order valence-electron chi connectivity index (χ3n) is 3.20. The predicted octanol–water partition coefficient (Wildman–Crippen LogP) is 3.22. The first-order valence-corrected chi connectivity index (χ1v) is 7.75. The van der Waals surface area contributed by atoms with Gasteiger partial charge < -0.3 is 14.6 Å². The van der Waals surface area contributed by atoms with Crippen LogP contribution in [0.1, 0.15) is 53.3 Å². The van der Waals surface area contributed by atoms with Gasteiger partial charge in [0.2, 0.25) is 0 Å². The number of carbonyl (C=O) groups is 3. The van der Waals surface area contributed by atoms with E-state index in [2.05, 4.69) is 6.58 Å². The zero-order valence-electron chi connectivity index (χ0n) is 13.7. The second-order valence-electron chi connectivity index (χ2n) is 5.35. The van der Waals surface area contributed by atoms with Gasteiger partial charge in [-0.25, -0.2) is 14.4 Å². The van der Waals surface area contributed by atoms with Crippen LogP contribution in [0.2, 0.25) is 0 Å². The summed E-state index contributed by atoms with van der Waals surface area (Å²) in [5.41, 5.74) is 0.657. The Morgan fingerprint density at radius 1 is 1.00 bits per heavy atom. The van der Waals surface area contributed by atoms with Crippen LogP contribution in [0.15, 0.2) is 36.4 Å². The van der Waals surface area contributed by atoms with Crippen LogP contribution in [-0.2, 0) is 14.3 Å². The zero-order chi connectivity index (χ0) is 17.9. The number of ether oxygens (including phenoxy) is 2. The molecule has 0 fully saturated rings. The third-order valence-corrected chi connectivity index (χ3v) is 3.20. The molecule has 0 saturated carbocycles. The number of carboxylic acid groups (broad SMARTS) is 1. The number of hydrogen-bond donors (Lipinski definition) is 1.